The standard InChI is InChI=1S/C12H15FO3.C11H11FO2/c1-12(2,16-10(14)8-13)11(15)9-6-4-3-5-7-9;1-11(2,10(12)14)9(13)8-6-4-3-5-7-8/h3-7,11,15H,8H2,1-2H3;3-7H,1-2H3. The van der Waals surface area contributed by atoms with Crippen molar-refractivity contribution in [3.8, 4) is 0 Å². The Hall–Kier alpha value is -2.93. The van der Waals surface area contributed by atoms with E-state index >= 15 is 0 Å². The monoisotopic (exact) mass is 420 g/mol. The molecule has 0 aliphatic rings. The van der Waals surface area contributed by atoms with E-state index < -0.39 is 41.6 Å². The number of ether oxygens (including phenoxy) is 1. The molecule has 0 aliphatic heterocycles. The zero-order valence-electron chi connectivity index (χ0n) is 17.4. The van der Waals surface area contributed by atoms with Crippen molar-refractivity contribution >= 4 is 17.8 Å². The maximum absolute atomic E-state index is 12.6. The largest absolute Gasteiger partial charge is 0.455 e. The van der Waals surface area contributed by atoms with Crippen molar-refractivity contribution < 1.29 is 33.0 Å². The Morgan fingerprint density at radius 3 is 1.83 bits per heavy atom. The lowest BCUT2D eigenvalue weighted by Gasteiger charge is -2.30. The Kier molecular flexibility index (Phi) is 8.98. The number of halogens is 2. The smallest absolute Gasteiger partial charge is 0.338 e. The van der Waals surface area contributed by atoms with Gasteiger partial charge >= 0.3 is 12.0 Å². The average molecular weight is 420 g/mol. The van der Waals surface area contributed by atoms with E-state index in [1.165, 1.54) is 27.7 Å². The molecule has 162 valence electrons. The van der Waals surface area contributed by atoms with Crippen LogP contribution in [0.4, 0.5) is 8.78 Å². The maximum atomic E-state index is 12.6. The van der Waals surface area contributed by atoms with Crippen LogP contribution in [-0.2, 0) is 14.3 Å². The number of Topliss-reactive ketones (excluding diaryl/α,β-unsaturated/α-hetero) is 1. The molecule has 1 atom stereocenters. The molecule has 0 spiro atoms. The molecule has 0 fully saturated rings. The second-order valence-corrected chi connectivity index (χ2v) is 7.62. The molecule has 30 heavy (non-hydrogen) atoms. The highest BCUT2D eigenvalue weighted by atomic mass is 19.1. The van der Waals surface area contributed by atoms with Gasteiger partial charge in [0.2, 0.25) is 0 Å². The number of benzene rings is 2. The van der Waals surface area contributed by atoms with Gasteiger partial charge in [-0.25, -0.2) is 9.18 Å². The number of carbonyl (C=O) groups is 3. The van der Waals surface area contributed by atoms with E-state index in [1.54, 1.807) is 54.6 Å². The topological polar surface area (TPSA) is 80.7 Å². The highest BCUT2D eigenvalue weighted by Gasteiger charge is 2.36. The van der Waals surface area contributed by atoms with Crippen LogP contribution in [0.15, 0.2) is 60.7 Å². The first-order valence-electron chi connectivity index (χ1n) is 9.24. The number of hydrogen-bond donors (Lipinski definition) is 1. The fourth-order valence-corrected chi connectivity index (χ4v) is 2.45. The SMILES string of the molecule is CC(C)(C(=O)F)C(=O)c1ccccc1.CC(C)(OC(=O)CF)C(O)c1ccccc1. The summed E-state index contributed by atoms with van der Waals surface area (Å²) < 4.78 is 29.4. The lowest BCUT2D eigenvalue weighted by Crippen LogP contribution is -2.35. The molecule has 0 saturated carbocycles. The second-order valence-electron chi connectivity index (χ2n) is 7.62. The summed E-state index contributed by atoms with van der Waals surface area (Å²) in [6, 6.07) is 15.4. The third-order valence-electron chi connectivity index (χ3n) is 4.35. The van der Waals surface area contributed by atoms with E-state index in [2.05, 4.69) is 0 Å². The molecule has 2 rings (SSSR count). The Balaban J connectivity index is 0.000000303. The number of ketones is 1. The number of hydrogen-bond acceptors (Lipinski definition) is 5. The van der Waals surface area contributed by atoms with Crippen LogP contribution in [0.3, 0.4) is 0 Å². The molecule has 2 aromatic carbocycles. The number of esters is 1. The third-order valence-corrected chi connectivity index (χ3v) is 4.35. The van der Waals surface area contributed by atoms with E-state index in [0.29, 0.717) is 11.1 Å². The number of aliphatic hydroxyl groups excluding tert-OH is 1. The lowest BCUT2D eigenvalue weighted by molar-refractivity contribution is -0.169. The molecular weight excluding hydrogens is 394 g/mol. The molecule has 0 amide bonds. The van der Waals surface area contributed by atoms with Crippen LogP contribution in [0.2, 0.25) is 0 Å². The summed E-state index contributed by atoms with van der Waals surface area (Å²) in [5.41, 5.74) is -1.76. The van der Waals surface area contributed by atoms with Gasteiger partial charge in [0, 0.05) is 5.56 Å². The summed E-state index contributed by atoms with van der Waals surface area (Å²) in [6.07, 6.45) is -0.982. The van der Waals surface area contributed by atoms with Gasteiger partial charge in [0.05, 0.1) is 0 Å². The van der Waals surface area contributed by atoms with Gasteiger partial charge in [-0.1, -0.05) is 60.7 Å². The van der Waals surface area contributed by atoms with E-state index in [4.69, 9.17) is 4.74 Å². The van der Waals surface area contributed by atoms with Crippen molar-refractivity contribution in [1.82, 2.24) is 0 Å². The van der Waals surface area contributed by atoms with Crippen LogP contribution < -0.4 is 0 Å². The first-order chi connectivity index (χ1) is 13.9. The van der Waals surface area contributed by atoms with E-state index in [0.717, 1.165) is 0 Å². The minimum Gasteiger partial charge on any atom is -0.455 e. The highest BCUT2D eigenvalue weighted by Crippen LogP contribution is 2.28. The summed E-state index contributed by atoms with van der Waals surface area (Å²) in [5.74, 6) is -1.47. The normalized spacial score (nSPS) is 12.2. The number of alkyl halides is 1. The number of aliphatic hydroxyl groups is 1. The summed E-state index contributed by atoms with van der Waals surface area (Å²) in [5, 5.41) is 9.99. The Morgan fingerprint density at radius 2 is 1.40 bits per heavy atom. The molecule has 1 unspecified atom stereocenters. The van der Waals surface area contributed by atoms with Crippen molar-refractivity contribution in [2.24, 2.45) is 5.41 Å². The van der Waals surface area contributed by atoms with E-state index in [-0.39, 0.29) is 0 Å². The van der Waals surface area contributed by atoms with Gasteiger partial charge in [-0.15, -0.1) is 0 Å². The van der Waals surface area contributed by atoms with Crippen molar-refractivity contribution in [2.45, 2.75) is 39.4 Å². The van der Waals surface area contributed by atoms with Gasteiger partial charge in [-0.05, 0) is 33.3 Å². The van der Waals surface area contributed by atoms with Gasteiger partial charge < -0.3 is 9.84 Å². The molecule has 0 saturated heterocycles. The predicted molar refractivity (Wildman–Crippen MR) is 108 cm³/mol. The number of rotatable bonds is 7. The van der Waals surface area contributed by atoms with Crippen molar-refractivity contribution in [3.63, 3.8) is 0 Å². The molecule has 0 heterocycles. The Morgan fingerprint density at radius 1 is 0.933 bits per heavy atom. The van der Waals surface area contributed by atoms with Crippen LogP contribution in [0.5, 0.6) is 0 Å². The molecule has 7 heteroatoms. The third kappa shape index (κ3) is 6.84. The minimum absolute atomic E-state index is 0.350. The maximum Gasteiger partial charge on any atom is 0.338 e. The summed E-state index contributed by atoms with van der Waals surface area (Å²) in [7, 11) is 0. The second kappa shape index (κ2) is 10.7. The van der Waals surface area contributed by atoms with Crippen molar-refractivity contribution in [3.05, 3.63) is 71.8 Å². The molecule has 5 nitrogen and oxygen atoms in total. The van der Waals surface area contributed by atoms with Crippen molar-refractivity contribution in [2.75, 3.05) is 6.67 Å². The molecule has 1 N–H and O–H groups in total. The zero-order valence-corrected chi connectivity index (χ0v) is 17.4. The lowest BCUT2D eigenvalue weighted by atomic mass is 9.85. The summed E-state index contributed by atoms with van der Waals surface area (Å²) in [6.45, 7) is 4.46. The Labute approximate surface area is 174 Å². The Bertz CT molecular complexity index is 848. The highest BCUT2D eigenvalue weighted by molar-refractivity contribution is 6.11. The van der Waals surface area contributed by atoms with Gasteiger partial charge in [-0.2, -0.15) is 4.39 Å². The fraction of sp³-hybridized carbons (Fsp3) is 0.348. The fourth-order valence-electron chi connectivity index (χ4n) is 2.45. The van der Waals surface area contributed by atoms with Gasteiger partial charge in [-0.3, -0.25) is 9.59 Å². The molecule has 0 aromatic heterocycles. The zero-order chi connectivity index (χ0) is 22.9. The minimum atomic E-state index is -1.61. The van der Waals surface area contributed by atoms with Gasteiger partial charge in [0.1, 0.15) is 17.1 Å². The van der Waals surface area contributed by atoms with Gasteiger partial charge in [0.15, 0.2) is 12.5 Å². The van der Waals surface area contributed by atoms with E-state index in [1.807, 2.05) is 6.07 Å². The first-order valence-corrected chi connectivity index (χ1v) is 9.24. The van der Waals surface area contributed by atoms with E-state index in [9.17, 15) is 28.3 Å². The predicted octanol–water partition coefficient (Wildman–Crippen LogP) is 4.40. The van der Waals surface area contributed by atoms with Gasteiger partial charge in [0.25, 0.3) is 0 Å². The summed E-state index contributed by atoms with van der Waals surface area (Å²) in [4.78, 5) is 33.1. The molecule has 0 bridgehead atoms. The van der Waals surface area contributed by atoms with Crippen LogP contribution in [0.25, 0.3) is 0 Å². The van der Waals surface area contributed by atoms with Crippen LogP contribution in [0.1, 0.15) is 49.7 Å². The van der Waals surface area contributed by atoms with Crippen LogP contribution in [-0.4, -0.2) is 35.2 Å². The summed E-state index contributed by atoms with van der Waals surface area (Å²) >= 11 is 0. The molecular formula is C23H26F2O5. The van der Waals surface area contributed by atoms with Crippen molar-refractivity contribution in [1.29, 1.82) is 0 Å². The van der Waals surface area contributed by atoms with Crippen LogP contribution >= 0.6 is 0 Å². The quantitative estimate of drug-likeness (QED) is 0.311. The van der Waals surface area contributed by atoms with Crippen LogP contribution in [0, 0.1) is 5.41 Å². The molecule has 0 radical (unpaired) electrons. The number of carbonyl (C=O) groups excluding carboxylic acids is 3. The molecule has 0 aliphatic carbocycles. The first kappa shape index (κ1) is 25.1. The average Bonchev–Trinajstić information content (AvgIpc) is 2.73. The molecule has 2 aromatic rings.